The van der Waals surface area contributed by atoms with E-state index in [1.165, 1.54) is 6.92 Å². The summed E-state index contributed by atoms with van der Waals surface area (Å²) in [6, 6.07) is 30.7. The molecule has 3 amide bonds. The third kappa shape index (κ3) is 6.74. The summed E-state index contributed by atoms with van der Waals surface area (Å²) < 4.78 is 2.80. The zero-order valence-corrected chi connectivity index (χ0v) is 20.3. The van der Waals surface area contributed by atoms with E-state index in [0.29, 0.717) is 28.2 Å². The van der Waals surface area contributed by atoms with Crippen molar-refractivity contribution in [3.8, 4) is 0 Å². The highest BCUT2D eigenvalue weighted by molar-refractivity contribution is 7.98. The van der Waals surface area contributed by atoms with Gasteiger partial charge in [0.2, 0.25) is 5.91 Å². The first-order valence-corrected chi connectivity index (χ1v) is 12.0. The van der Waals surface area contributed by atoms with Crippen molar-refractivity contribution in [3.05, 3.63) is 114 Å². The van der Waals surface area contributed by atoms with Crippen LogP contribution in [0.1, 0.15) is 27.6 Å². The number of hydrogen-bond donors (Lipinski definition) is 4. The average molecular weight is 497 g/mol. The van der Waals surface area contributed by atoms with E-state index in [2.05, 4.69) is 20.7 Å². The van der Waals surface area contributed by atoms with Gasteiger partial charge in [-0.05, 0) is 78.7 Å². The fraction of sp³-hybridized carbons (Fsp3) is 0.0357. The molecule has 8 heteroatoms. The number of rotatable bonds is 8. The van der Waals surface area contributed by atoms with Gasteiger partial charge in [-0.3, -0.25) is 19.1 Å². The maximum atomic E-state index is 13.2. The lowest BCUT2D eigenvalue weighted by molar-refractivity contribution is -0.114. The normalized spacial score (nSPS) is 10.2. The largest absolute Gasteiger partial charge is 0.355 e. The molecule has 0 aliphatic carbocycles. The Bertz CT molecular complexity index is 1360. The molecule has 180 valence electrons. The predicted molar refractivity (Wildman–Crippen MR) is 145 cm³/mol. The SMILES string of the molecule is CC(=O)Nc1ccc(SNC(=O)c2ccc(Nc3ccccc3)c(C(=O)Nc3ccccc3)c2)cc1. The van der Waals surface area contributed by atoms with Crippen molar-refractivity contribution in [3.63, 3.8) is 0 Å². The third-order valence-electron chi connectivity index (χ3n) is 5.05. The number of anilines is 4. The van der Waals surface area contributed by atoms with Crippen LogP contribution in [0.5, 0.6) is 0 Å². The number of hydrogen-bond acceptors (Lipinski definition) is 5. The Morgan fingerprint density at radius 1 is 0.639 bits per heavy atom. The molecular weight excluding hydrogens is 472 g/mol. The molecular formula is C28H24N4O3S. The van der Waals surface area contributed by atoms with Crippen LogP contribution in [0.3, 0.4) is 0 Å². The number of benzene rings is 4. The van der Waals surface area contributed by atoms with Crippen LogP contribution in [-0.2, 0) is 4.79 Å². The topological polar surface area (TPSA) is 99.3 Å². The summed E-state index contributed by atoms with van der Waals surface area (Å²) in [7, 11) is 0. The number of carbonyl (C=O) groups excluding carboxylic acids is 3. The average Bonchev–Trinajstić information content (AvgIpc) is 2.89. The second kappa shape index (κ2) is 11.7. The summed E-state index contributed by atoms with van der Waals surface area (Å²) in [5.74, 6) is -0.831. The van der Waals surface area contributed by atoms with Crippen LogP contribution >= 0.6 is 11.9 Å². The highest BCUT2D eigenvalue weighted by Gasteiger charge is 2.16. The molecule has 7 nitrogen and oxygen atoms in total. The van der Waals surface area contributed by atoms with Gasteiger partial charge >= 0.3 is 0 Å². The fourth-order valence-corrected chi connectivity index (χ4v) is 3.95. The summed E-state index contributed by atoms with van der Waals surface area (Å²) in [5, 5.41) is 8.84. The first kappa shape index (κ1) is 24.6. The van der Waals surface area contributed by atoms with Crippen molar-refractivity contribution in [2.24, 2.45) is 0 Å². The van der Waals surface area contributed by atoms with Crippen LogP contribution in [0.2, 0.25) is 0 Å². The minimum atomic E-state index is -0.342. The molecule has 0 spiro atoms. The Labute approximate surface area is 213 Å². The molecule has 0 fully saturated rings. The number of carbonyl (C=O) groups is 3. The minimum absolute atomic E-state index is 0.152. The molecule has 4 aromatic rings. The van der Waals surface area contributed by atoms with Gasteiger partial charge in [-0.25, -0.2) is 0 Å². The molecule has 4 N–H and O–H groups in total. The zero-order valence-electron chi connectivity index (χ0n) is 19.4. The van der Waals surface area contributed by atoms with Gasteiger partial charge in [-0.2, -0.15) is 0 Å². The Morgan fingerprint density at radius 3 is 1.89 bits per heavy atom. The standard InChI is InChI=1S/C28H24N4O3S/c1-19(33)29-23-13-15-24(16-14-23)36-32-27(34)20-12-17-26(30-21-8-4-2-5-9-21)25(18-20)28(35)31-22-10-6-3-7-11-22/h2-18,30H,1H3,(H,29,33)(H,31,35)(H,32,34). The van der Waals surface area contributed by atoms with Crippen molar-refractivity contribution in [1.82, 2.24) is 4.72 Å². The first-order valence-electron chi connectivity index (χ1n) is 11.2. The van der Waals surface area contributed by atoms with Crippen molar-refractivity contribution < 1.29 is 14.4 Å². The predicted octanol–water partition coefficient (Wildman–Crippen LogP) is 6.08. The molecule has 0 radical (unpaired) electrons. The van der Waals surface area contributed by atoms with Crippen LogP contribution in [0.25, 0.3) is 0 Å². The monoisotopic (exact) mass is 496 g/mol. The van der Waals surface area contributed by atoms with Gasteiger partial charge in [0.15, 0.2) is 0 Å². The summed E-state index contributed by atoms with van der Waals surface area (Å²) in [6.45, 7) is 1.44. The highest BCUT2D eigenvalue weighted by Crippen LogP contribution is 2.25. The van der Waals surface area contributed by atoms with E-state index in [0.717, 1.165) is 22.5 Å². The zero-order chi connectivity index (χ0) is 25.3. The van der Waals surface area contributed by atoms with Crippen LogP contribution in [-0.4, -0.2) is 17.7 Å². The molecule has 0 saturated heterocycles. The van der Waals surface area contributed by atoms with E-state index in [4.69, 9.17) is 0 Å². The third-order valence-corrected chi connectivity index (χ3v) is 5.84. The molecule has 0 aromatic heterocycles. The van der Waals surface area contributed by atoms with Gasteiger partial charge in [0, 0.05) is 34.4 Å². The smallest absolute Gasteiger partial charge is 0.261 e. The van der Waals surface area contributed by atoms with Crippen molar-refractivity contribution >= 4 is 52.4 Å². The van der Waals surface area contributed by atoms with E-state index in [9.17, 15) is 14.4 Å². The molecule has 0 unspecified atom stereocenters. The summed E-state index contributed by atoms with van der Waals surface area (Å²) in [4.78, 5) is 38.0. The van der Waals surface area contributed by atoms with Crippen molar-refractivity contribution in [2.45, 2.75) is 11.8 Å². The Balaban J connectivity index is 1.52. The Hall–Kier alpha value is -4.56. The van der Waals surface area contributed by atoms with Crippen molar-refractivity contribution in [2.75, 3.05) is 16.0 Å². The highest BCUT2D eigenvalue weighted by atomic mass is 32.2. The summed E-state index contributed by atoms with van der Waals surface area (Å²) in [5.41, 5.74) is 3.40. The maximum absolute atomic E-state index is 13.2. The number of nitrogens with one attached hydrogen (secondary N) is 4. The molecule has 0 aliphatic rings. The minimum Gasteiger partial charge on any atom is -0.355 e. The van der Waals surface area contributed by atoms with Gasteiger partial charge in [-0.1, -0.05) is 36.4 Å². The molecule has 0 heterocycles. The lowest BCUT2D eigenvalue weighted by Gasteiger charge is -2.14. The summed E-state index contributed by atoms with van der Waals surface area (Å²) in [6.07, 6.45) is 0. The fourth-order valence-electron chi connectivity index (χ4n) is 3.35. The quantitative estimate of drug-likeness (QED) is 0.222. The second-order valence-corrected chi connectivity index (χ2v) is 8.69. The Morgan fingerprint density at radius 2 is 1.25 bits per heavy atom. The number of para-hydroxylation sites is 2. The molecule has 4 rings (SSSR count). The molecule has 0 aliphatic heterocycles. The van der Waals surface area contributed by atoms with Crippen LogP contribution in [0.4, 0.5) is 22.7 Å². The molecule has 0 atom stereocenters. The maximum Gasteiger partial charge on any atom is 0.261 e. The second-order valence-electron chi connectivity index (χ2n) is 7.81. The lowest BCUT2D eigenvalue weighted by Crippen LogP contribution is -2.19. The summed E-state index contributed by atoms with van der Waals surface area (Å²) >= 11 is 1.15. The van der Waals surface area contributed by atoms with Gasteiger partial charge in [0.1, 0.15) is 0 Å². The molecule has 0 saturated carbocycles. The molecule has 4 aromatic carbocycles. The molecule has 0 bridgehead atoms. The van der Waals surface area contributed by atoms with E-state index in [1.54, 1.807) is 54.6 Å². The van der Waals surface area contributed by atoms with Crippen LogP contribution in [0.15, 0.2) is 108 Å². The van der Waals surface area contributed by atoms with Crippen LogP contribution in [0, 0.1) is 0 Å². The van der Waals surface area contributed by atoms with Crippen LogP contribution < -0.4 is 20.7 Å². The molecule has 36 heavy (non-hydrogen) atoms. The van der Waals surface area contributed by atoms with Gasteiger partial charge < -0.3 is 16.0 Å². The van der Waals surface area contributed by atoms with E-state index in [-0.39, 0.29) is 17.7 Å². The first-order chi connectivity index (χ1) is 17.5. The van der Waals surface area contributed by atoms with Gasteiger partial charge in [-0.15, -0.1) is 0 Å². The van der Waals surface area contributed by atoms with E-state index in [1.807, 2.05) is 48.5 Å². The van der Waals surface area contributed by atoms with Gasteiger partial charge in [0.25, 0.3) is 11.8 Å². The van der Waals surface area contributed by atoms with E-state index >= 15 is 0 Å². The van der Waals surface area contributed by atoms with Crippen molar-refractivity contribution in [1.29, 1.82) is 0 Å². The number of amides is 3. The van der Waals surface area contributed by atoms with Gasteiger partial charge in [0.05, 0.1) is 11.3 Å². The Kier molecular flexibility index (Phi) is 8.00. The van der Waals surface area contributed by atoms with E-state index < -0.39 is 0 Å². The lowest BCUT2D eigenvalue weighted by atomic mass is 10.1.